The number of nitrogens with zero attached hydrogens (tertiary/aromatic N) is 3. The van der Waals surface area contributed by atoms with E-state index in [0.29, 0.717) is 34.9 Å². The van der Waals surface area contributed by atoms with Gasteiger partial charge in [-0.3, -0.25) is 9.59 Å². The second kappa shape index (κ2) is 17.6. The van der Waals surface area contributed by atoms with Gasteiger partial charge in [0, 0.05) is 35.1 Å². The van der Waals surface area contributed by atoms with Gasteiger partial charge in [0.25, 0.3) is 5.91 Å². The molecule has 0 atom stereocenters. The molecule has 1 aliphatic rings. The molecule has 1 heterocycles. The van der Waals surface area contributed by atoms with Crippen molar-refractivity contribution in [1.29, 1.82) is 0 Å². The van der Waals surface area contributed by atoms with E-state index in [0.717, 1.165) is 29.7 Å². The van der Waals surface area contributed by atoms with Gasteiger partial charge in [-0.2, -0.15) is 23.7 Å². The molecular formula is C41H43ClF2N8O4. The highest BCUT2D eigenvalue weighted by Crippen LogP contribution is 2.48. The number of ether oxygens (including phenoxy) is 2. The normalized spacial score (nSPS) is 13.1. The minimum atomic E-state index is -2.92. The van der Waals surface area contributed by atoms with Crippen molar-refractivity contribution in [2.24, 2.45) is 5.41 Å². The minimum Gasteiger partial charge on any atom is -0.458 e. The molecule has 4 aromatic carbocycles. The smallest absolute Gasteiger partial charge is 0.387 e. The Bertz CT molecular complexity index is 2100. The number of carbonyl (C=O) groups excluding carboxylic acids is 2. The van der Waals surface area contributed by atoms with Gasteiger partial charge in [-0.15, -0.1) is 0 Å². The van der Waals surface area contributed by atoms with E-state index in [4.69, 9.17) is 16.3 Å². The summed E-state index contributed by atoms with van der Waals surface area (Å²) in [5.41, 5.74) is 4.01. The number of carbonyl (C=O) groups is 2. The molecule has 1 fully saturated rings. The van der Waals surface area contributed by atoms with Crippen LogP contribution in [0.5, 0.6) is 11.8 Å². The molecule has 56 heavy (non-hydrogen) atoms. The average Bonchev–Trinajstić information content (AvgIpc) is 3.96. The number of hydrogen-bond acceptors (Lipinski definition) is 10. The fourth-order valence-corrected chi connectivity index (χ4v) is 5.74. The Kier molecular flexibility index (Phi) is 12.5. The maximum Gasteiger partial charge on any atom is 0.387 e. The number of benzene rings is 4. The first-order valence-electron chi connectivity index (χ1n) is 18.0. The Labute approximate surface area is 328 Å². The number of rotatable bonds is 18. The number of halogens is 3. The van der Waals surface area contributed by atoms with E-state index in [1.54, 1.807) is 36.4 Å². The molecule has 1 aliphatic carbocycles. The van der Waals surface area contributed by atoms with Crippen molar-refractivity contribution in [1.82, 2.24) is 25.6 Å². The van der Waals surface area contributed by atoms with E-state index in [1.165, 1.54) is 12.1 Å². The van der Waals surface area contributed by atoms with E-state index in [1.807, 2.05) is 69.3 Å². The zero-order valence-corrected chi connectivity index (χ0v) is 31.9. The van der Waals surface area contributed by atoms with Crippen LogP contribution in [0.4, 0.5) is 32.1 Å². The summed E-state index contributed by atoms with van der Waals surface area (Å²) >= 11 is 6.13. The molecule has 2 amide bonds. The van der Waals surface area contributed by atoms with Crippen LogP contribution in [-0.4, -0.2) is 53.0 Å². The van der Waals surface area contributed by atoms with Gasteiger partial charge in [0.05, 0.1) is 12.1 Å². The zero-order valence-electron chi connectivity index (χ0n) is 31.2. The van der Waals surface area contributed by atoms with Crippen LogP contribution in [-0.2, 0) is 16.9 Å². The molecule has 0 spiro atoms. The third-order valence-electron chi connectivity index (χ3n) is 9.03. The van der Waals surface area contributed by atoms with Crippen LogP contribution >= 0.6 is 11.6 Å². The van der Waals surface area contributed by atoms with Crippen LogP contribution in [0.15, 0.2) is 97.1 Å². The Morgan fingerprint density at radius 3 is 2.12 bits per heavy atom. The predicted molar refractivity (Wildman–Crippen MR) is 212 cm³/mol. The Morgan fingerprint density at radius 2 is 1.46 bits per heavy atom. The Morgan fingerprint density at radius 1 is 0.821 bits per heavy atom. The lowest BCUT2D eigenvalue weighted by atomic mass is 9.93. The van der Waals surface area contributed by atoms with Gasteiger partial charge in [0.1, 0.15) is 12.4 Å². The molecule has 0 radical (unpaired) electrons. The van der Waals surface area contributed by atoms with Crippen LogP contribution in [0, 0.1) is 12.3 Å². The highest BCUT2D eigenvalue weighted by atomic mass is 35.5. The second-order valence-corrected chi connectivity index (χ2v) is 14.8. The summed E-state index contributed by atoms with van der Waals surface area (Å²) in [5.74, 6) is 0.110. The third-order valence-corrected chi connectivity index (χ3v) is 9.28. The lowest BCUT2D eigenvalue weighted by Crippen LogP contribution is -2.43. The SMILES string of the molecule is Cc1ccc(NCC(=O)NCC(C)(C)CNC(=O)c2ccc(Nc3nc(NC4(c5ccc(Cl)cc5)CC4)nc(OCc4ccc(OC(F)F)cc4)n3)cc2)cc1. The number of anilines is 4. The van der Waals surface area contributed by atoms with Crippen molar-refractivity contribution < 1.29 is 27.8 Å². The monoisotopic (exact) mass is 784 g/mol. The second-order valence-electron chi connectivity index (χ2n) is 14.3. The van der Waals surface area contributed by atoms with Crippen molar-refractivity contribution in [3.8, 4) is 11.8 Å². The summed E-state index contributed by atoms with van der Waals surface area (Å²) in [5, 5.41) is 16.3. The van der Waals surface area contributed by atoms with Gasteiger partial charge in [-0.1, -0.05) is 67.4 Å². The lowest BCUT2D eigenvalue weighted by Gasteiger charge is -2.25. The van der Waals surface area contributed by atoms with E-state index in [2.05, 4.69) is 46.3 Å². The predicted octanol–water partition coefficient (Wildman–Crippen LogP) is 7.84. The molecule has 15 heteroatoms. The summed E-state index contributed by atoms with van der Waals surface area (Å²) in [6.07, 6.45) is 1.71. The van der Waals surface area contributed by atoms with Crippen LogP contribution in [0.1, 0.15) is 53.7 Å². The first-order chi connectivity index (χ1) is 26.8. The van der Waals surface area contributed by atoms with Gasteiger partial charge in [0.15, 0.2) is 0 Å². The standard InChI is InChI=1S/C41H43ClF2N8O4/c1-26-4-14-31(15-5-26)45-22-34(53)46-24-40(2,3)25-47-35(54)28-8-16-32(17-9-28)48-37-49-38(52-41(20-21-41)29-10-12-30(42)13-11-29)51-39(50-37)55-23-27-6-18-33(19-7-27)56-36(43)44/h4-19,36,45H,20-25H2,1-3H3,(H,46,53)(H,47,54)(H2,48,49,50,51,52). The van der Waals surface area contributed by atoms with Crippen molar-refractivity contribution in [3.05, 3.63) is 124 Å². The number of aromatic nitrogens is 3. The van der Waals surface area contributed by atoms with E-state index in [-0.39, 0.29) is 54.2 Å². The molecule has 1 aromatic heterocycles. The molecule has 6 rings (SSSR count). The minimum absolute atomic E-state index is 0.0298. The summed E-state index contributed by atoms with van der Waals surface area (Å²) < 4.78 is 35.5. The lowest BCUT2D eigenvalue weighted by molar-refractivity contribution is -0.119. The Hall–Kier alpha value is -6.02. The van der Waals surface area contributed by atoms with E-state index < -0.39 is 12.0 Å². The number of amides is 2. The van der Waals surface area contributed by atoms with Gasteiger partial charge < -0.3 is 36.1 Å². The molecular weight excluding hydrogens is 742 g/mol. The summed E-state index contributed by atoms with van der Waals surface area (Å²) in [6.45, 7) is 3.93. The molecule has 292 valence electrons. The Balaban J connectivity index is 1.06. The van der Waals surface area contributed by atoms with Crippen molar-refractivity contribution in [2.75, 3.05) is 35.6 Å². The number of nitrogens with one attached hydrogen (secondary N) is 5. The molecule has 12 nitrogen and oxygen atoms in total. The average molecular weight is 785 g/mol. The van der Waals surface area contributed by atoms with Crippen LogP contribution in [0.25, 0.3) is 0 Å². The van der Waals surface area contributed by atoms with Crippen molar-refractivity contribution in [3.63, 3.8) is 0 Å². The summed E-state index contributed by atoms with van der Waals surface area (Å²) in [7, 11) is 0. The summed E-state index contributed by atoms with van der Waals surface area (Å²) in [6, 6.07) is 28.4. The van der Waals surface area contributed by atoms with Gasteiger partial charge in [0.2, 0.25) is 17.8 Å². The van der Waals surface area contributed by atoms with Gasteiger partial charge >= 0.3 is 12.6 Å². The quantitative estimate of drug-likeness (QED) is 0.0595. The van der Waals surface area contributed by atoms with Gasteiger partial charge in [-0.05, 0) is 97.0 Å². The first-order valence-corrected chi connectivity index (χ1v) is 18.4. The fourth-order valence-electron chi connectivity index (χ4n) is 5.61. The summed E-state index contributed by atoms with van der Waals surface area (Å²) in [4.78, 5) is 39.1. The number of hydrogen-bond donors (Lipinski definition) is 5. The highest BCUT2D eigenvalue weighted by Gasteiger charge is 2.45. The molecule has 0 unspecified atom stereocenters. The zero-order chi connectivity index (χ0) is 39.7. The van der Waals surface area contributed by atoms with Crippen LogP contribution in [0.3, 0.4) is 0 Å². The molecule has 1 saturated carbocycles. The first kappa shape index (κ1) is 39.7. The fraction of sp³-hybridized carbons (Fsp3) is 0.293. The molecule has 5 aromatic rings. The molecule has 0 bridgehead atoms. The maximum atomic E-state index is 13.1. The molecule has 0 saturated heterocycles. The number of alkyl halides is 2. The van der Waals surface area contributed by atoms with Crippen LogP contribution < -0.4 is 36.1 Å². The van der Waals surface area contributed by atoms with E-state index >= 15 is 0 Å². The number of aryl methyl sites for hydroxylation is 1. The molecule has 5 N–H and O–H groups in total. The highest BCUT2D eigenvalue weighted by molar-refractivity contribution is 6.30. The van der Waals surface area contributed by atoms with E-state index in [9.17, 15) is 18.4 Å². The van der Waals surface area contributed by atoms with Crippen LogP contribution in [0.2, 0.25) is 5.02 Å². The largest absolute Gasteiger partial charge is 0.458 e. The maximum absolute atomic E-state index is 13.1. The molecule has 0 aliphatic heterocycles. The van der Waals surface area contributed by atoms with Gasteiger partial charge in [-0.25, -0.2) is 0 Å². The third kappa shape index (κ3) is 11.5. The topological polar surface area (TPSA) is 151 Å². The van der Waals surface area contributed by atoms with Crippen molar-refractivity contribution in [2.45, 2.75) is 52.4 Å². The van der Waals surface area contributed by atoms with Crippen molar-refractivity contribution >= 4 is 46.7 Å².